The lowest BCUT2D eigenvalue weighted by molar-refractivity contribution is 0.0946. The van der Waals surface area contributed by atoms with Gasteiger partial charge in [-0.3, -0.25) is 4.79 Å². The van der Waals surface area contributed by atoms with Crippen molar-refractivity contribution < 1.29 is 4.79 Å². The SMILES string of the molecule is CCCC(C#N)NC(=O)c1csc2ccccc12. The van der Waals surface area contributed by atoms with Gasteiger partial charge < -0.3 is 5.32 Å². The molecule has 1 atom stereocenters. The molecule has 0 bridgehead atoms. The van der Waals surface area contributed by atoms with Crippen LogP contribution in [0.4, 0.5) is 0 Å². The Balaban J connectivity index is 2.21. The number of benzene rings is 1. The minimum atomic E-state index is -0.402. The van der Waals surface area contributed by atoms with E-state index < -0.39 is 6.04 Å². The smallest absolute Gasteiger partial charge is 0.253 e. The van der Waals surface area contributed by atoms with Crippen LogP contribution in [0.5, 0.6) is 0 Å². The molecule has 1 unspecified atom stereocenters. The molecule has 2 aromatic rings. The first kappa shape index (κ1) is 12.6. The number of carbonyl (C=O) groups excluding carboxylic acids is 1. The minimum absolute atomic E-state index is 0.160. The highest BCUT2D eigenvalue weighted by molar-refractivity contribution is 7.17. The molecule has 1 amide bonds. The van der Waals surface area contributed by atoms with Gasteiger partial charge in [-0.1, -0.05) is 31.5 Å². The molecule has 0 aliphatic carbocycles. The maximum atomic E-state index is 12.1. The van der Waals surface area contributed by atoms with E-state index in [0.29, 0.717) is 12.0 Å². The van der Waals surface area contributed by atoms with Crippen LogP contribution in [0.25, 0.3) is 10.1 Å². The van der Waals surface area contributed by atoms with Gasteiger partial charge in [-0.05, 0) is 12.5 Å². The number of nitrogens with one attached hydrogen (secondary N) is 1. The molecule has 0 saturated heterocycles. The van der Waals surface area contributed by atoms with E-state index in [1.165, 1.54) is 0 Å². The van der Waals surface area contributed by atoms with Crippen LogP contribution in [0.2, 0.25) is 0 Å². The average molecular weight is 258 g/mol. The van der Waals surface area contributed by atoms with Crippen LogP contribution in [0, 0.1) is 11.3 Å². The quantitative estimate of drug-likeness (QED) is 0.914. The lowest BCUT2D eigenvalue weighted by Gasteiger charge is -2.09. The van der Waals surface area contributed by atoms with Gasteiger partial charge in [-0.25, -0.2) is 0 Å². The fraction of sp³-hybridized carbons (Fsp3) is 0.286. The highest BCUT2D eigenvalue weighted by Gasteiger charge is 2.15. The lowest BCUT2D eigenvalue weighted by atomic mass is 10.1. The van der Waals surface area contributed by atoms with E-state index in [9.17, 15) is 4.79 Å². The van der Waals surface area contributed by atoms with Gasteiger partial charge in [0.05, 0.1) is 11.6 Å². The predicted molar refractivity (Wildman–Crippen MR) is 73.6 cm³/mol. The molecule has 92 valence electrons. The summed E-state index contributed by atoms with van der Waals surface area (Å²) in [6.07, 6.45) is 1.56. The predicted octanol–water partition coefficient (Wildman–Crippen LogP) is 3.32. The molecular formula is C14H14N2OS. The summed E-state index contributed by atoms with van der Waals surface area (Å²) in [6.45, 7) is 2.00. The largest absolute Gasteiger partial charge is 0.336 e. The summed E-state index contributed by atoms with van der Waals surface area (Å²) in [4.78, 5) is 12.1. The molecule has 0 saturated carbocycles. The Hall–Kier alpha value is -1.86. The van der Waals surface area contributed by atoms with Gasteiger partial charge in [0, 0.05) is 15.5 Å². The number of carbonyl (C=O) groups is 1. The van der Waals surface area contributed by atoms with Crippen LogP contribution in [-0.2, 0) is 0 Å². The summed E-state index contributed by atoms with van der Waals surface area (Å²) in [5, 5.41) is 14.5. The molecule has 0 aliphatic rings. The third-order valence-corrected chi connectivity index (χ3v) is 3.73. The van der Waals surface area contributed by atoms with E-state index in [0.717, 1.165) is 16.5 Å². The molecule has 3 nitrogen and oxygen atoms in total. The first-order valence-corrected chi connectivity index (χ1v) is 6.81. The van der Waals surface area contributed by atoms with Crippen LogP contribution in [0.1, 0.15) is 30.1 Å². The van der Waals surface area contributed by atoms with E-state index in [1.807, 2.05) is 36.6 Å². The van der Waals surface area contributed by atoms with Gasteiger partial charge in [0.2, 0.25) is 0 Å². The zero-order chi connectivity index (χ0) is 13.0. The van der Waals surface area contributed by atoms with Crippen molar-refractivity contribution in [3.8, 4) is 6.07 Å². The maximum absolute atomic E-state index is 12.1. The van der Waals surface area contributed by atoms with E-state index in [-0.39, 0.29) is 5.91 Å². The molecule has 1 heterocycles. The number of fused-ring (bicyclic) bond motifs is 1. The lowest BCUT2D eigenvalue weighted by Crippen LogP contribution is -2.33. The molecule has 0 aliphatic heterocycles. The highest BCUT2D eigenvalue weighted by atomic mass is 32.1. The molecule has 0 fully saturated rings. The minimum Gasteiger partial charge on any atom is -0.336 e. The number of rotatable bonds is 4. The van der Waals surface area contributed by atoms with Crippen LogP contribution in [0.3, 0.4) is 0 Å². The zero-order valence-corrected chi connectivity index (χ0v) is 11.0. The van der Waals surface area contributed by atoms with Gasteiger partial charge in [0.15, 0.2) is 0 Å². The number of hydrogen-bond donors (Lipinski definition) is 1. The van der Waals surface area contributed by atoms with Crippen molar-refractivity contribution in [3.63, 3.8) is 0 Å². The van der Waals surface area contributed by atoms with Gasteiger partial charge >= 0.3 is 0 Å². The number of nitriles is 1. The van der Waals surface area contributed by atoms with E-state index in [2.05, 4.69) is 11.4 Å². The van der Waals surface area contributed by atoms with Crippen LogP contribution < -0.4 is 5.32 Å². The third kappa shape index (κ3) is 2.52. The van der Waals surface area contributed by atoms with Crippen LogP contribution in [0.15, 0.2) is 29.6 Å². The van der Waals surface area contributed by atoms with Crippen LogP contribution >= 0.6 is 11.3 Å². The molecule has 18 heavy (non-hydrogen) atoms. The molecule has 2 rings (SSSR count). The van der Waals surface area contributed by atoms with Crippen molar-refractivity contribution in [2.45, 2.75) is 25.8 Å². The molecule has 1 N–H and O–H groups in total. The standard InChI is InChI=1S/C14H14N2OS/c1-2-5-10(8-15)16-14(17)12-9-18-13-7-4-3-6-11(12)13/h3-4,6-7,9-10H,2,5H2,1H3,(H,16,17). The van der Waals surface area contributed by atoms with Crippen molar-refractivity contribution in [2.75, 3.05) is 0 Å². The Bertz CT molecular complexity index is 597. The Morgan fingerprint density at radius 1 is 1.50 bits per heavy atom. The normalized spacial score (nSPS) is 12.0. The van der Waals surface area contributed by atoms with E-state index in [1.54, 1.807) is 11.3 Å². The summed E-state index contributed by atoms with van der Waals surface area (Å²) in [6, 6.07) is 9.51. The molecule has 0 spiro atoms. The summed E-state index contributed by atoms with van der Waals surface area (Å²) < 4.78 is 1.09. The summed E-state index contributed by atoms with van der Waals surface area (Å²) >= 11 is 1.55. The number of hydrogen-bond acceptors (Lipinski definition) is 3. The maximum Gasteiger partial charge on any atom is 0.253 e. The van der Waals surface area contributed by atoms with Crippen molar-refractivity contribution >= 4 is 27.3 Å². The molecular weight excluding hydrogens is 244 g/mol. The molecule has 1 aromatic heterocycles. The van der Waals surface area contributed by atoms with E-state index in [4.69, 9.17) is 5.26 Å². The summed E-state index contributed by atoms with van der Waals surface area (Å²) in [7, 11) is 0. The van der Waals surface area contributed by atoms with Gasteiger partial charge in [-0.2, -0.15) is 5.26 Å². The summed E-state index contributed by atoms with van der Waals surface area (Å²) in [5.41, 5.74) is 0.659. The number of amides is 1. The second-order valence-corrected chi connectivity index (χ2v) is 5.00. The van der Waals surface area contributed by atoms with Crippen molar-refractivity contribution in [3.05, 3.63) is 35.2 Å². The average Bonchev–Trinajstić information content (AvgIpc) is 2.82. The molecule has 4 heteroatoms. The Kier molecular flexibility index (Phi) is 3.96. The second kappa shape index (κ2) is 5.65. The molecule has 1 aromatic carbocycles. The fourth-order valence-corrected chi connectivity index (χ4v) is 2.79. The monoisotopic (exact) mass is 258 g/mol. The van der Waals surface area contributed by atoms with Crippen LogP contribution in [-0.4, -0.2) is 11.9 Å². The Labute approximate surface area is 110 Å². The second-order valence-electron chi connectivity index (χ2n) is 4.09. The van der Waals surface area contributed by atoms with Crippen molar-refractivity contribution in [1.29, 1.82) is 5.26 Å². The van der Waals surface area contributed by atoms with Crippen molar-refractivity contribution in [1.82, 2.24) is 5.32 Å². The Morgan fingerprint density at radius 3 is 3.00 bits per heavy atom. The summed E-state index contributed by atoms with van der Waals surface area (Å²) in [5.74, 6) is -0.160. The highest BCUT2D eigenvalue weighted by Crippen LogP contribution is 2.25. The van der Waals surface area contributed by atoms with Gasteiger partial charge in [0.1, 0.15) is 6.04 Å². The van der Waals surface area contributed by atoms with E-state index >= 15 is 0 Å². The van der Waals surface area contributed by atoms with Crippen molar-refractivity contribution in [2.24, 2.45) is 0 Å². The Morgan fingerprint density at radius 2 is 2.28 bits per heavy atom. The number of nitrogens with zero attached hydrogens (tertiary/aromatic N) is 1. The molecule has 0 radical (unpaired) electrons. The van der Waals surface area contributed by atoms with Gasteiger partial charge in [-0.15, -0.1) is 11.3 Å². The first-order valence-electron chi connectivity index (χ1n) is 5.93. The van der Waals surface area contributed by atoms with Gasteiger partial charge in [0.25, 0.3) is 5.91 Å². The zero-order valence-electron chi connectivity index (χ0n) is 10.1. The fourth-order valence-electron chi connectivity index (χ4n) is 1.85. The first-order chi connectivity index (χ1) is 8.76. The number of thiophene rings is 1. The third-order valence-electron chi connectivity index (χ3n) is 2.76. The topological polar surface area (TPSA) is 52.9 Å².